The van der Waals surface area contributed by atoms with Crippen LogP contribution in [0.3, 0.4) is 0 Å². The summed E-state index contributed by atoms with van der Waals surface area (Å²) in [5.41, 5.74) is 8.10. The second-order valence-corrected chi connectivity index (χ2v) is 4.12. The van der Waals surface area contributed by atoms with Gasteiger partial charge in [-0.05, 0) is 18.2 Å². The number of nitrogens with two attached hydrogens (primary N) is 1. The highest BCUT2D eigenvalue weighted by Gasteiger charge is 2.19. The van der Waals surface area contributed by atoms with Gasteiger partial charge in [0.05, 0.1) is 17.1 Å². The number of carbonyl (C=O) groups is 1. The van der Waals surface area contributed by atoms with Gasteiger partial charge >= 0.3 is 0 Å². The molecule has 2 heterocycles. The SMILES string of the molecule is N#Cc1cccn1-c1cc2c(cc1N)OCC(=O)N2. The molecule has 0 bridgehead atoms. The first kappa shape index (κ1) is 11.2. The summed E-state index contributed by atoms with van der Waals surface area (Å²) in [7, 11) is 0. The van der Waals surface area contributed by atoms with Gasteiger partial charge in [0.25, 0.3) is 5.91 Å². The van der Waals surface area contributed by atoms with Crippen molar-refractivity contribution in [3.63, 3.8) is 0 Å². The number of amides is 1. The van der Waals surface area contributed by atoms with E-state index in [1.807, 2.05) is 0 Å². The molecule has 6 heteroatoms. The Balaban J connectivity index is 2.16. The van der Waals surface area contributed by atoms with E-state index in [4.69, 9.17) is 15.7 Å². The van der Waals surface area contributed by atoms with Crippen molar-refractivity contribution in [1.29, 1.82) is 5.26 Å². The first-order valence-corrected chi connectivity index (χ1v) is 5.63. The van der Waals surface area contributed by atoms with Gasteiger partial charge in [-0.25, -0.2) is 0 Å². The molecule has 1 aromatic carbocycles. The number of nitrogens with zero attached hydrogens (tertiary/aromatic N) is 2. The fraction of sp³-hybridized carbons (Fsp3) is 0.0769. The molecule has 1 amide bonds. The van der Waals surface area contributed by atoms with Crippen molar-refractivity contribution in [2.24, 2.45) is 0 Å². The van der Waals surface area contributed by atoms with Crippen LogP contribution in [-0.4, -0.2) is 17.1 Å². The molecular weight excluding hydrogens is 244 g/mol. The van der Waals surface area contributed by atoms with Gasteiger partial charge in [-0.2, -0.15) is 5.26 Å². The maximum absolute atomic E-state index is 11.3. The third-order valence-electron chi connectivity index (χ3n) is 2.88. The van der Waals surface area contributed by atoms with Crippen LogP contribution in [0.25, 0.3) is 5.69 Å². The lowest BCUT2D eigenvalue weighted by atomic mass is 10.2. The normalized spacial score (nSPS) is 13.1. The molecule has 3 N–H and O–H groups in total. The number of rotatable bonds is 1. The number of ether oxygens (including phenoxy) is 1. The fourth-order valence-corrected chi connectivity index (χ4v) is 2.02. The highest BCUT2D eigenvalue weighted by Crippen LogP contribution is 2.34. The summed E-state index contributed by atoms with van der Waals surface area (Å²) < 4.78 is 6.94. The molecule has 1 aliphatic rings. The Hall–Kier alpha value is -2.94. The van der Waals surface area contributed by atoms with Crippen molar-refractivity contribution in [1.82, 2.24) is 4.57 Å². The zero-order valence-electron chi connectivity index (χ0n) is 9.88. The number of hydrogen-bond acceptors (Lipinski definition) is 4. The Morgan fingerprint density at radius 1 is 1.47 bits per heavy atom. The largest absolute Gasteiger partial charge is 0.482 e. The van der Waals surface area contributed by atoms with Crippen molar-refractivity contribution in [2.45, 2.75) is 0 Å². The topological polar surface area (TPSA) is 93.1 Å². The Bertz CT molecular complexity index is 712. The van der Waals surface area contributed by atoms with Crippen LogP contribution >= 0.6 is 0 Å². The highest BCUT2D eigenvalue weighted by molar-refractivity contribution is 5.96. The number of anilines is 2. The predicted molar refractivity (Wildman–Crippen MR) is 69.0 cm³/mol. The van der Waals surface area contributed by atoms with Gasteiger partial charge in [-0.3, -0.25) is 4.79 Å². The summed E-state index contributed by atoms with van der Waals surface area (Å²) in [6, 6.07) is 8.86. The lowest BCUT2D eigenvalue weighted by molar-refractivity contribution is -0.118. The molecule has 1 aromatic heterocycles. The van der Waals surface area contributed by atoms with E-state index in [-0.39, 0.29) is 12.5 Å². The number of fused-ring (bicyclic) bond motifs is 1. The van der Waals surface area contributed by atoms with Gasteiger partial charge in [0.2, 0.25) is 0 Å². The molecule has 0 saturated heterocycles. The molecule has 0 spiro atoms. The van der Waals surface area contributed by atoms with Crippen molar-refractivity contribution >= 4 is 17.3 Å². The number of nitriles is 1. The van der Waals surface area contributed by atoms with Gasteiger partial charge < -0.3 is 20.4 Å². The maximum atomic E-state index is 11.3. The molecule has 6 nitrogen and oxygen atoms in total. The quantitative estimate of drug-likeness (QED) is 0.749. The predicted octanol–water partition coefficient (Wildman–Crippen LogP) is 1.26. The molecule has 0 atom stereocenters. The average Bonchev–Trinajstić information content (AvgIpc) is 2.86. The van der Waals surface area contributed by atoms with E-state index < -0.39 is 0 Å². The number of carbonyl (C=O) groups excluding carboxylic acids is 1. The van der Waals surface area contributed by atoms with Gasteiger partial charge in [0.15, 0.2) is 6.61 Å². The lowest BCUT2D eigenvalue weighted by Crippen LogP contribution is -2.25. The second kappa shape index (κ2) is 4.07. The van der Waals surface area contributed by atoms with Gasteiger partial charge in [-0.1, -0.05) is 0 Å². The molecule has 19 heavy (non-hydrogen) atoms. The standard InChI is InChI=1S/C13H10N4O2/c14-6-8-2-1-3-17(8)11-5-10-12(4-9(11)15)19-7-13(18)16-10/h1-5H,7,15H2,(H,16,18). The zero-order chi connectivity index (χ0) is 13.4. The van der Waals surface area contributed by atoms with Crippen LogP contribution in [0.4, 0.5) is 11.4 Å². The van der Waals surface area contributed by atoms with E-state index in [0.29, 0.717) is 28.5 Å². The first-order chi connectivity index (χ1) is 9.19. The van der Waals surface area contributed by atoms with Crippen LogP contribution in [0.5, 0.6) is 5.75 Å². The molecule has 1 aliphatic heterocycles. The molecule has 2 aromatic rings. The van der Waals surface area contributed by atoms with Crippen LogP contribution in [-0.2, 0) is 4.79 Å². The van der Waals surface area contributed by atoms with Crippen LogP contribution in [0, 0.1) is 11.3 Å². The minimum Gasteiger partial charge on any atom is -0.482 e. The Labute approximate surface area is 109 Å². The molecule has 0 aliphatic carbocycles. The Morgan fingerprint density at radius 3 is 3.11 bits per heavy atom. The molecule has 0 radical (unpaired) electrons. The van der Waals surface area contributed by atoms with Crippen molar-refractivity contribution in [3.05, 3.63) is 36.2 Å². The zero-order valence-corrected chi connectivity index (χ0v) is 9.88. The first-order valence-electron chi connectivity index (χ1n) is 5.63. The minimum absolute atomic E-state index is 0.0151. The lowest BCUT2D eigenvalue weighted by Gasteiger charge is -2.20. The van der Waals surface area contributed by atoms with Gasteiger partial charge in [0, 0.05) is 12.3 Å². The highest BCUT2D eigenvalue weighted by atomic mass is 16.5. The minimum atomic E-state index is -0.212. The Morgan fingerprint density at radius 2 is 2.32 bits per heavy atom. The van der Waals surface area contributed by atoms with Crippen LogP contribution < -0.4 is 15.8 Å². The monoisotopic (exact) mass is 254 g/mol. The molecule has 0 saturated carbocycles. The smallest absolute Gasteiger partial charge is 0.262 e. The van der Waals surface area contributed by atoms with E-state index in [1.165, 1.54) is 0 Å². The summed E-state index contributed by atoms with van der Waals surface area (Å²) in [5.74, 6) is 0.322. The molecule has 0 fully saturated rings. The van der Waals surface area contributed by atoms with E-state index in [1.54, 1.807) is 35.0 Å². The summed E-state index contributed by atoms with van der Waals surface area (Å²) in [6.07, 6.45) is 1.74. The summed E-state index contributed by atoms with van der Waals surface area (Å²) in [4.78, 5) is 11.3. The molecule has 0 unspecified atom stereocenters. The van der Waals surface area contributed by atoms with Crippen LogP contribution in [0.15, 0.2) is 30.5 Å². The number of hydrogen-bond donors (Lipinski definition) is 2. The summed E-state index contributed by atoms with van der Waals surface area (Å²) in [5, 5.41) is 11.7. The van der Waals surface area contributed by atoms with Crippen LogP contribution in [0.2, 0.25) is 0 Å². The molecular formula is C13H10N4O2. The fourth-order valence-electron chi connectivity index (χ4n) is 2.02. The van der Waals surface area contributed by atoms with E-state index in [0.717, 1.165) is 0 Å². The van der Waals surface area contributed by atoms with Gasteiger partial charge in [-0.15, -0.1) is 0 Å². The number of nitrogen functional groups attached to an aromatic ring is 1. The van der Waals surface area contributed by atoms with Crippen molar-refractivity contribution in [3.8, 4) is 17.5 Å². The number of nitrogens with one attached hydrogen (secondary N) is 1. The van der Waals surface area contributed by atoms with E-state index >= 15 is 0 Å². The summed E-state index contributed by atoms with van der Waals surface area (Å²) >= 11 is 0. The molecule has 94 valence electrons. The van der Waals surface area contributed by atoms with E-state index in [9.17, 15) is 4.79 Å². The average molecular weight is 254 g/mol. The van der Waals surface area contributed by atoms with Crippen molar-refractivity contribution < 1.29 is 9.53 Å². The number of aromatic nitrogens is 1. The van der Waals surface area contributed by atoms with Gasteiger partial charge in [0.1, 0.15) is 17.5 Å². The third kappa shape index (κ3) is 1.77. The van der Waals surface area contributed by atoms with Crippen LogP contribution in [0.1, 0.15) is 5.69 Å². The molecule has 3 rings (SSSR count). The van der Waals surface area contributed by atoms with Crippen molar-refractivity contribution in [2.75, 3.05) is 17.7 Å². The third-order valence-corrected chi connectivity index (χ3v) is 2.88. The second-order valence-electron chi connectivity index (χ2n) is 4.12. The maximum Gasteiger partial charge on any atom is 0.262 e. The Kier molecular flexibility index (Phi) is 2.39. The van der Waals surface area contributed by atoms with E-state index in [2.05, 4.69) is 11.4 Å². The summed E-state index contributed by atoms with van der Waals surface area (Å²) in [6.45, 7) is -0.0151. The number of benzene rings is 1.